The minimum Gasteiger partial charge on any atom is -0.358 e. The van der Waals surface area contributed by atoms with Gasteiger partial charge in [-0.2, -0.15) is 0 Å². The Bertz CT molecular complexity index is 730. The first-order valence-corrected chi connectivity index (χ1v) is 10.5. The minimum absolute atomic E-state index is 0.186. The van der Waals surface area contributed by atoms with Crippen LogP contribution in [0.3, 0.4) is 0 Å². The molecule has 0 spiro atoms. The van der Waals surface area contributed by atoms with Gasteiger partial charge in [-0.25, -0.2) is 0 Å². The van der Waals surface area contributed by atoms with Crippen molar-refractivity contribution < 1.29 is 0 Å². The summed E-state index contributed by atoms with van der Waals surface area (Å²) in [6, 6.07) is 19.2. The fourth-order valence-corrected chi connectivity index (χ4v) is 4.12. The largest absolute Gasteiger partial charge is 0.358 e. The van der Waals surface area contributed by atoms with Crippen molar-refractivity contribution in [2.75, 3.05) is 38.5 Å². The molecule has 2 aromatic carbocycles. The Morgan fingerprint density at radius 3 is 2.26 bits per heavy atom. The topological polar surface area (TPSA) is 30.5 Å². The number of anilines is 1. The fraction of sp³-hybridized carbons (Fsp3) is 0.381. The first-order chi connectivity index (χ1) is 13.0. The second-order valence-electron chi connectivity index (χ2n) is 7.09. The van der Waals surface area contributed by atoms with Gasteiger partial charge in [-0.15, -0.1) is 0 Å². The predicted molar refractivity (Wildman–Crippen MR) is 121 cm³/mol. The van der Waals surface area contributed by atoms with E-state index in [2.05, 4.69) is 80.7 Å². The number of hydrogen-bond donors (Lipinski definition) is 2. The fourth-order valence-electron chi connectivity index (χ4n) is 3.55. The molecule has 2 N–H and O–H groups in total. The lowest BCUT2D eigenvalue weighted by molar-refractivity contribution is 0.0973. The Morgan fingerprint density at radius 2 is 1.63 bits per heavy atom. The lowest BCUT2D eigenvalue weighted by Gasteiger charge is -2.41. The van der Waals surface area contributed by atoms with Crippen molar-refractivity contribution in [2.45, 2.75) is 19.0 Å². The molecule has 6 heteroatoms. The van der Waals surface area contributed by atoms with Crippen molar-refractivity contribution >= 4 is 38.9 Å². The molecular formula is C21H27BrN4S. The van der Waals surface area contributed by atoms with E-state index in [9.17, 15) is 0 Å². The van der Waals surface area contributed by atoms with E-state index in [-0.39, 0.29) is 12.1 Å². The van der Waals surface area contributed by atoms with E-state index in [1.807, 2.05) is 24.3 Å². The van der Waals surface area contributed by atoms with Crippen LogP contribution in [0.2, 0.25) is 0 Å². The number of nitrogens with one attached hydrogen (secondary N) is 2. The number of benzene rings is 2. The highest BCUT2D eigenvalue weighted by Crippen LogP contribution is 2.25. The summed E-state index contributed by atoms with van der Waals surface area (Å²) in [6.45, 7) is 6.53. The Labute approximate surface area is 176 Å². The van der Waals surface area contributed by atoms with Crippen LogP contribution >= 0.6 is 28.1 Å². The summed E-state index contributed by atoms with van der Waals surface area (Å²) < 4.78 is 1.06. The van der Waals surface area contributed by atoms with Crippen LogP contribution in [0, 0.1) is 0 Å². The Kier molecular flexibility index (Phi) is 7.24. The number of likely N-dealkylation sites (N-methyl/N-ethyl adjacent to an activating group) is 1. The smallest absolute Gasteiger partial charge is 0.171 e. The molecule has 0 aromatic heterocycles. The normalized spacial score (nSPS) is 17.9. The molecule has 1 aliphatic heterocycles. The van der Waals surface area contributed by atoms with Gasteiger partial charge in [0, 0.05) is 42.4 Å². The maximum Gasteiger partial charge on any atom is 0.171 e. The molecule has 0 bridgehead atoms. The van der Waals surface area contributed by atoms with Crippen LogP contribution in [0.5, 0.6) is 0 Å². The van der Waals surface area contributed by atoms with Crippen LogP contribution in [0.25, 0.3) is 0 Å². The van der Waals surface area contributed by atoms with Crippen molar-refractivity contribution in [1.82, 2.24) is 15.1 Å². The van der Waals surface area contributed by atoms with E-state index >= 15 is 0 Å². The van der Waals surface area contributed by atoms with Crippen LogP contribution < -0.4 is 10.6 Å². The van der Waals surface area contributed by atoms with Crippen LogP contribution in [0.4, 0.5) is 5.69 Å². The van der Waals surface area contributed by atoms with Crippen molar-refractivity contribution in [1.29, 1.82) is 0 Å². The van der Waals surface area contributed by atoms with Crippen molar-refractivity contribution in [3.05, 3.63) is 64.6 Å². The van der Waals surface area contributed by atoms with Gasteiger partial charge in [0.2, 0.25) is 0 Å². The zero-order valence-corrected chi connectivity index (χ0v) is 18.3. The molecule has 2 atom stereocenters. The first kappa shape index (κ1) is 20.3. The number of rotatable bonds is 5. The van der Waals surface area contributed by atoms with Crippen LogP contribution in [0.1, 0.15) is 18.5 Å². The summed E-state index contributed by atoms with van der Waals surface area (Å²) >= 11 is 9.03. The molecule has 0 radical (unpaired) electrons. The van der Waals surface area contributed by atoms with Crippen LogP contribution in [-0.2, 0) is 0 Å². The van der Waals surface area contributed by atoms with Crippen molar-refractivity contribution in [3.8, 4) is 0 Å². The second kappa shape index (κ2) is 9.64. The lowest BCUT2D eigenvalue weighted by atomic mass is 9.98. The van der Waals surface area contributed by atoms with E-state index in [1.165, 1.54) is 5.56 Å². The summed E-state index contributed by atoms with van der Waals surface area (Å²) in [4.78, 5) is 4.95. The molecule has 1 heterocycles. The Balaban J connectivity index is 1.69. The molecular weight excluding hydrogens is 420 g/mol. The lowest BCUT2D eigenvalue weighted by Crippen LogP contribution is -2.52. The SMILES string of the molecule is CC(NC(=S)Nc1ccc(Br)cc1)C(c1ccccc1)N1CCN(C)CC1. The molecule has 2 aromatic rings. The monoisotopic (exact) mass is 446 g/mol. The van der Waals surface area contributed by atoms with Gasteiger partial charge in [0.05, 0.1) is 6.04 Å². The molecule has 1 saturated heterocycles. The van der Waals surface area contributed by atoms with E-state index in [0.29, 0.717) is 5.11 Å². The zero-order chi connectivity index (χ0) is 19.2. The maximum absolute atomic E-state index is 5.57. The number of nitrogens with zero attached hydrogens (tertiary/aromatic N) is 2. The molecule has 144 valence electrons. The van der Waals surface area contributed by atoms with Crippen LogP contribution in [0.15, 0.2) is 59.1 Å². The first-order valence-electron chi connectivity index (χ1n) is 9.33. The summed E-state index contributed by atoms with van der Waals surface area (Å²) in [5, 5.41) is 7.45. The average Bonchev–Trinajstić information content (AvgIpc) is 2.66. The van der Waals surface area contributed by atoms with Gasteiger partial charge in [0.1, 0.15) is 0 Å². The molecule has 2 unspecified atom stereocenters. The zero-order valence-electron chi connectivity index (χ0n) is 15.9. The standard InChI is InChI=1S/C21H27BrN4S/c1-16(23-21(27)24-19-10-8-18(22)9-11-19)20(17-6-4-3-5-7-17)26-14-12-25(2)13-15-26/h3-11,16,20H,12-15H2,1-2H3,(H2,23,24,27). The summed E-state index contributed by atoms with van der Waals surface area (Å²) in [6.07, 6.45) is 0. The number of piperazine rings is 1. The molecule has 0 aliphatic carbocycles. The summed E-state index contributed by atoms with van der Waals surface area (Å²) in [7, 11) is 2.19. The third kappa shape index (κ3) is 5.75. The Morgan fingerprint density at radius 1 is 1.00 bits per heavy atom. The minimum atomic E-state index is 0.186. The van der Waals surface area contributed by atoms with Gasteiger partial charge < -0.3 is 15.5 Å². The molecule has 4 nitrogen and oxygen atoms in total. The number of hydrogen-bond acceptors (Lipinski definition) is 3. The van der Waals surface area contributed by atoms with Gasteiger partial charge in [-0.1, -0.05) is 46.3 Å². The van der Waals surface area contributed by atoms with E-state index in [1.54, 1.807) is 0 Å². The van der Waals surface area contributed by atoms with E-state index in [0.717, 1.165) is 36.3 Å². The summed E-state index contributed by atoms with van der Waals surface area (Å²) in [5.41, 5.74) is 2.31. The number of thiocarbonyl (C=S) groups is 1. The maximum atomic E-state index is 5.57. The van der Waals surface area contributed by atoms with Crippen LogP contribution in [-0.4, -0.2) is 54.2 Å². The predicted octanol–water partition coefficient (Wildman–Crippen LogP) is 4.11. The van der Waals surface area contributed by atoms with Crippen molar-refractivity contribution in [2.24, 2.45) is 0 Å². The van der Waals surface area contributed by atoms with E-state index < -0.39 is 0 Å². The van der Waals surface area contributed by atoms with Crippen molar-refractivity contribution in [3.63, 3.8) is 0 Å². The van der Waals surface area contributed by atoms with Gasteiger partial charge in [0.15, 0.2) is 5.11 Å². The average molecular weight is 447 g/mol. The number of halogens is 1. The van der Waals surface area contributed by atoms with Gasteiger partial charge in [0.25, 0.3) is 0 Å². The summed E-state index contributed by atoms with van der Waals surface area (Å²) in [5.74, 6) is 0. The van der Waals surface area contributed by atoms with Gasteiger partial charge >= 0.3 is 0 Å². The third-order valence-corrected chi connectivity index (χ3v) is 5.76. The molecule has 0 saturated carbocycles. The molecule has 1 fully saturated rings. The Hall–Kier alpha value is -1.47. The quantitative estimate of drug-likeness (QED) is 0.674. The van der Waals surface area contributed by atoms with Gasteiger partial charge in [-0.05, 0) is 56.0 Å². The molecule has 0 amide bonds. The molecule has 3 rings (SSSR count). The highest BCUT2D eigenvalue weighted by atomic mass is 79.9. The second-order valence-corrected chi connectivity index (χ2v) is 8.41. The van der Waals surface area contributed by atoms with E-state index in [4.69, 9.17) is 12.2 Å². The van der Waals surface area contributed by atoms with Gasteiger partial charge in [-0.3, -0.25) is 4.90 Å². The highest BCUT2D eigenvalue weighted by Gasteiger charge is 2.28. The highest BCUT2D eigenvalue weighted by molar-refractivity contribution is 9.10. The molecule has 27 heavy (non-hydrogen) atoms. The third-order valence-electron chi connectivity index (χ3n) is 5.01. The molecule has 1 aliphatic rings.